The highest BCUT2D eigenvalue weighted by Gasteiger charge is 2.20. The number of halogens is 2. The lowest BCUT2D eigenvalue weighted by molar-refractivity contribution is -0.146. The normalized spacial score (nSPS) is 10.9. The molecule has 0 aliphatic heterocycles. The Balaban J connectivity index is 2.00. The van der Waals surface area contributed by atoms with Gasteiger partial charge in [0.1, 0.15) is 11.5 Å². The van der Waals surface area contributed by atoms with Crippen molar-refractivity contribution in [2.45, 2.75) is 39.5 Å². The van der Waals surface area contributed by atoms with Gasteiger partial charge in [0.2, 0.25) is 0 Å². The maximum Gasteiger partial charge on any atom is 0.344 e. The first-order chi connectivity index (χ1) is 16.5. The molecule has 182 valence electrons. The maximum atomic E-state index is 12.2. The zero-order valence-electron chi connectivity index (χ0n) is 19.3. The van der Waals surface area contributed by atoms with Crippen LogP contribution in [0.1, 0.15) is 39.5 Å². The monoisotopic (exact) mass is 506 g/mol. The smallest absolute Gasteiger partial charge is 0.344 e. The number of benzene rings is 3. The number of unbranched alkanes of at least 4 members (excludes halogenated alkanes) is 2. The molecule has 6 nitrogen and oxygen atoms in total. The summed E-state index contributed by atoms with van der Waals surface area (Å²) in [5.74, 6) is -0.0854. The molecule has 0 fully saturated rings. The second kappa shape index (κ2) is 12.7. The van der Waals surface area contributed by atoms with Crippen LogP contribution in [0.5, 0.6) is 11.5 Å². The molecule has 0 radical (unpaired) electrons. The van der Waals surface area contributed by atoms with E-state index < -0.39 is 11.9 Å². The standard InChI is InChI=1S/C26H28Cl2O6/c1-3-5-12-31-22(29)15-33-25-18-11-10-17(27)14-20(18)26(24-19(25)8-7-9-21(24)28)34-16-23(30)32-13-6-4-2/h7-11,14H,3-6,12-13,15-16H2,1-2H3. The van der Waals surface area contributed by atoms with Gasteiger partial charge in [-0.3, -0.25) is 0 Å². The van der Waals surface area contributed by atoms with E-state index in [1.807, 2.05) is 19.9 Å². The van der Waals surface area contributed by atoms with Crippen LogP contribution in [-0.4, -0.2) is 38.4 Å². The Morgan fingerprint density at radius 2 is 1.38 bits per heavy atom. The average Bonchev–Trinajstić information content (AvgIpc) is 2.82. The molecule has 34 heavy (non-hydrogen) atoms. The van der Waals surface area contributed by atoms with E-state index in [2.05, 4.69) is 0 Å². The molecule has 0 heterocycles. The van der Waals surface area contributed by atoms with Crippen LogP contribution in [0.15, 0.2) is 36.4 Å². The van der Waals surface area contributed by atoms with Gasteiger partial charge < -0.3 is 18.9 Å². The molecule has 0 N–H and O–H groups in total. The van der Waals surface area contributed by atoms with Crippen molar-refractivity contribution in [2.75, 3.05) is 26.4 Å². The minimum absolute atomic E-state index is 0.257. The summed E-state index contributed by atoms with van der Waals surface area (Å²) in [5, 5.41) is 3.33. The van der Waals surface area contributed by atoms with Crippen LogP contribution in [-0.2, 0) is 19.1 Å². The highest BCUT2D eigenvalue weighted by Crippen LogP contribution is 2.46. The van der Waals surface area contributed by atoms with Crippen LogP contribution >= 0.6 is 23.2 Å². The topological polar surface area (TPSA) is 71.1 Å². The fourth-order valence-electron chi connectivity index (χ4n) is 3.44. The molecular formula is C26H28Cl2O6. The third-order valence-corrected chi connectivity index (χ3v) is 5.70. The number of carbonyl (C=O) groups is 2. The van der Waals surface area contributed by atoms with Crippen molar-refractivity contribution < 1.29 is 28.5 Å². The minimum atomic E-state index is -0.473. The maximum absolute atomic E-state index is 12.2. The van der Waals surface area contributed by atoms with E-state index in [1.165, 1.54) is 0 Å². The Morgan fingerprint density at radius 1 is 0.765 bits per heavy atom. The number of hydrogen-bond acceptors (Lipinski definition) is 6. The van der Waals surface area contributed by atoms with Crippen molar-refractivity contribution >= 4 is 56.7 Å². The first kappa shape index (κ1) is 25.9. The van der Waals surface area contributed by atoms with E-state index in [-0.39, 0.29) is 13.2 Å². The second-order valence-corrected chi connectivity index (χ2v) is 8.58. The molecule has 8 heteroatoms. The largest absolute Gasteiger partial charge is 0.481 e. The van der Waals surface area contributed by atoms with Crippen molar-refractivity contribution in [1.82, 2.24) is 0 Å². The van der Waals surface area contributed by atoms with Gasteiger partial charge >= 0.3 is 11.9 Å². The zero-order chi connectivity index (χ0) is 24.5. The Labute approximate surface area is 209 Å². The first-order valence-electron chi connectivity index (χ1n) is 11.4. The number of carbonyl (C=O) groups excluding carboxylic acids is 2. The zero-order valence-corrected chi connectivity index (χ0v) is 20.8. The summed E-state index contributed by atoms with van der Waals surface area (Å²) in [6.07, 6.45) is 3.42. The molecule has 0 unspecified atom stereocenters. The molecule has 3 aromatic rings. The van der Waals surface area contributed by atoms with Crippen LogP contribution in [0.3, 0.4) is 0 Å². The minimum Gasteiger partial charge on any atom is -0.481 e. The van der Waals surface area contributed by atoms with E-state index in [9.17, 15) is 9.59 Å². The predicted molar refractivity (Wildman–Crippen MR) is 134 cm³/mol. The van der Waals surface area contributed by atoms with E-state index >= 15 is 0 Å². The van der Waals surface area contributed by atoms with Gasteiger partial charge in [0.15, 0.2) is 13.2 Å². The van der Waals surface area contributed by atoms with Crippen LogP contribution in [0, 0.1) is 0 Å². The first-order valence-corrected chi connectivity index (χ1v) is 12.1. The predicted octanol–water partition coefficient (Wildman–Crippen LogP) is 6.74. The Hall–Kier alpha value is -2.70. The number of fused-ring (bicyclic) bond motifs is 2. The fraction of sp³-hybridized carbons (Fsp3) is 0.385. The number of esters is 2. The summed E-state index contributed by atoms with van der Waals surface area (Å²) in [5.41, 5.74) is 0. The molecule has 0 aliphatic carbocycles. The summed E-state index contributed by atoms with van der Waals surface area (Å²) >= 11 is 12.8. The van der Waals surface area contributed by atoms with Gasteiger partial charge in [0.05, 0.1) is 18.2 Å². The molecule has 0 atom stereocenters. The van der Waals surface area contributed by atoms with E-state index in [0.29, 0.717) is 56.3 Å². The van der Waals surface area contributed by atoms with E-state index in [0.717, 1.165) is 25.7 Å². The molecule has 0 saturated carbocycles. The molecule has 0 bridgehead atoms. The van der Waals surface area contributed by atoms with Gasteiger partial charge in [-0.1, -0.05) is 62.0 Å². The van der Waals surface area contributed by atoms with Crippen LogP contribution in [0.4, 0.5) is 0 Å². The van der Waals surface area contributed by atoms with Crippen molar-refractivity contribution in [3.05, 3.63) is 46.4 Å². The molecule has 0 aliphatic rings. The fourth-order valence-corrected chi connectivity index (χ4v) is 3.87. The summed E-state index contributed by atoms with van der Waals surface area (Å²) in [7, 11) is 0. The summed E-state index contributed by atoms with van der Waals surface area (Å²) in [4.78, 5) is 24.4. The third-order valence-electron chi connectivity index (χ3n) is 5.15. The second-order valence-electron chi connectivity index (χ2n) is 7.74. The summed E-state index contributed by atoms with van der Waals surface area (Å²) in [6, 6.07) is 10.5. The molecule has 0 aromatic heterocycles. The van der Waals surface area contributed by atoms with Crippen molar-refractivity contribution in [2.24, 2.45) is 0 Å². The Kier molecular flexibility index (Phi) is 9.66. The number of ether oxygens (including phenoxy) is 4. The van der Waals surface area contributed by atoms with Gasteiger partial charge in [0.25, 0.3) is 0 Å². The lowest BCUT2D eigenvalue weighted by Crippen LogP contribution is -2.17. The van der Waals surface area contributed by atoms with Gasteiger partial charge in [-0.25, -0.2) is 9.59 Å². The molecule has 3 aromatic carbocycles. The molecule has 0 saturated heterocycles. The lowest BCUT2D eigenvalue weighted by Gasteiger charge is -2.18. The van der Waals surface area contributed by atoms with Crippen LogP contribution in [0.2, 0.25) is 10.0 Å². The van der Waals surface area contributed by atoms with Gasteiger partial charge in [-0.15, -0.1) is 0 Å². The van der Waals surface area contributed by atoms with Crippen LogP contribution in [0.25, 0.3) is 21.5 Å². The van der Waals surface area contributed by atoms with Crippen molar-refractivity contribution in [3.8, 4) is 11.5 Å². The number of hydrogen-bond donors (Lipinski definition) is 0. The highest BCUT2D eigenvalue weighted by molar-refractivity contribution is 6.37. The molecule has 0 amide bonds. The molecular weight excluding hydrogens is 479 g/mol. The van der Waals surface area contributed by atoms with Crippen LogP contribution < -0.4 is 9.47 Å². The van der Waals surface area contributed by atoms with Gasteiger partial charge in [-0.2, -0.15) is 0 Å². The third kappa shape index (κ3) is 6.45. The van der Waals surface area contributed by atoms with Gasteiger partial charge in [0, 0.05) is 26.6 Å². The highest BCUT2D eigenvalue weighted by atomic mass is 35.5. The average molecular weight is 507 g/mol. The summed E-state index contributed by atoms with van der Waals surface area (Å²) < 4.78 is 22.3. The lowest BCUT2D eigenvalue weighted by atomic mass is 10.0. The molecule has 0 spiro atoms. The molecule has 3 rings (SSSR count). The quantitative estimate of drug-likeness (QED) is 0.154. The SMILES string of the molecule is CCCCOC(=O)COc1c2ccc(Cl)cc2c(OCC(=O)OCCCC)c2c(Cl)cccc12. The van der Waals surface area contributed by atoms with Gasteiger partial charge in [-0.05, 0) is 37.1 Å². The van der Waals surface area contributed by atoms with E-state index in [4.69, 9.17) is 42.1 Å². The Bertz CT molecular complexity index is 1160. The number of rotatable bonds is 12. The van der Waals surface area contributed by atoms with E-state index in [1.54, 1.807) is 30.3 Å². The summed E-state index contributed by atoms with van der Waals surface area (Å²) in [6.45, 7) is 4.19. The Morgan fingerprint density at radius 3 is 2.00 bits per heavy atom. The van der Waals surface area contributed by atoms with Crippen molar-refractivity contribution in [1.29, 1.82) is 0 Å². The van der Waals surface area contributed by atoms with Crippen molar-refractivity contribution in [3.63, 3.8) is 0 Å².